The number of H-pyrrole nitrogens is 1. The van der Waals surface area contributed by atoms with E-state index in [-0.39, 0.29) is 35.9 Å². The Kier molecular flexibility index (Phi) is 7.37. The molecule has 4 fully saturated rings. The number of carbonyl (C=O) groups is 3. The number of piperidine rings is 2. The molecule has 222 valence electrons. The molecule has 1 aromatic carbocycles. The van der Waals surface area contributed by atoms with E-state index < -0.39 is 86.7 Å². The van der Waals surface area contributed by atoms with Gasteiger partial charge in [0.2, 0.25) is 26.8 Å². The average Bonchev–Trinajstić information content (AvgIpc) is 3.52. The zero-order valence-corrected chi connectivity index (χ0v) is 22.5. The number of aromatic amines is 1. The van der Waals surface area contributed by atoms with Crippen LogP contribution in [-0.4, -0.2) is 72.9 Å². The summed E-state index contributed by atoms with van der Waals surface area (Å²) in [5.74, 6) is -9.77. The number of halogens is 5. The van der Waals surface area contributed by atoms with Gasteiger partial charge in [-0.15, -0.1) is 0 Å². The van der Waals surface area contributed by atoms with Crippen molar-refractivity contribution < 1.29 is 44.8 Å². The van der Waals surface area contributed by atoms with Crippen LogP contribution in [0.2, 0.25) is 0 Å². The second-order valence-electron chi connectivity index (χ2n) is 10.8. The van der Waals surface area contributed by atoms with Crippen LogP contribution in [0.15, 0.2) is 29.4 Å². The number of sulfone groups is 1. The van der Waals surface area contributed by atoms with Gasteiger partial charge in [0.15, 0.2) is 0 Å². The summed E-state index contributed by atoms with van der Waals surface area (Å²) < 4.78 is 96.6. The van der Waals surface area contributed by atoms with E-state index in [9.17, 15) is 36.0 Å². The predicted octanol–water partition coefficient (Wildman–Crippen LogP) is 2.94. The van der Waals surface area contributed by atoms with Crippen LogP contribution < -0.4 is 10.6 Å². The second kappa shape index (κ2) is 10.4. The molecule has 0 spiro atoms. The molecule has 4 aliphatic rings. The van der Waals surface area contributed by atoms with Gasteiger partial charge >= 0.3 is 0 Å². The third kappa shape index (κ3) is 5.43. The lowest BCUT2D eigenvalue weighted by Gasteiger charge is -2.53. The van der Waals surface area contributed by atoms with E-state index in [4.69, 9.17) is 0 Å². The Labute approximate surface area is 231 Å². The molecule has 1 saturated carbocycles. The summed E-state index contributed by atoms with van der Waals surface area (Å²) in [5.41, 5.74) is -0.627. The fraction of sp³-hybridized carbons (Fsp3) is 0.500. The molecule has 15 heteroatoms. The summed E-state index contributed by atoms with van der Waals surface area (Å²) in [6.45, 7) is 0.314. The molecule has 3 aliphatic heterocycles. The van der Waals surface area contributed by atoms with Crippen molar-refractivity contribution in [1.29, 1.82) is 0 Å². The van der Waals surface area contributed by atoms with Gasteiger partial charge in [-0.2, -0.15) is 4.39 Å². The highest BCUT2D eigenvalue weighted by Crippen LogP contribution is 2.49. The SMILES string of the molecule is CS(=O)(=O)/C(F)=C\[C@H](C[C@H]1CCNC1=O)NC(=O)[C@H]1[C@H]2CC[C@H](CC2(F)F)N1C(=O)c1cc2c(F)ccc(F)c2[nH]1. The fourth-order valence-electron chi connectivity index (χ4n) is 6.10. The molecule has 0 radical (unpaired) electrons. The minimum Gasteiger partial charge on any atom is -0.356 e. The molecule has 5 atom stereocenters. The lowest BCUT2D eigenvalue weighted by atomic mass is 9.71. The highest BCUT2D eigenvalue weighted by molar-refractivity contribution is 7.94. The molecule has 3 N–H and O–H groups in total. The first-order valence-corrected chi connectivity index (χ1v) is 14.9. The van der Waals surface area contributed by atoms with Crippen molar-refractivity contribution in [1.82, 2.24) is 20.5 Å². The average molecular weight is 603 g/mol. The molecule has 2 bridgehead atoms. The smallest absolute Gasteiger partial charge is 0.271 e. The number of nitrogens with zero attached hydrogens (tertiary/aromatic N) is 1. The van der Waals surface area contributed by atoms with Crippen molar-refractivity contribution in [2.45, 2.75) is 56.2 Å². The summed E-state index contributed by atoms with van der Waals surface area (Å²) in [5, 5.41) is 3.14. The molecule has 1 aliphatic carbocycles. The summed E-state index contributed by atoms with van der Waals surface area (Å²) in [7, 11) is -4.32. The van der Waals surface area contributed by atoms with Gasteiger partial charge < -0.3 is 20.5 Å². The summed E-state index contributed by atoms with van der Waals surface area (Å²) >= 11 is 0. The van der Waals surface area contributed by atoms with E-state index in [1.807, 2.05) is 0 Å². The maximum atomic E-state index is 15.1. The molecular formula is C26H27F5N4O5S. The Hall–Kier alpha value is -3.49. The minimum atomic E-state index is -4.32. The maximum Gasteiger partial charge on any atom is 0.271 e. The Morgan fingerprint density at radius 1 is 1.20 bits per heavy atom. The number of amides is 3. The van der Waals surface area contributed by atoms with Gasteiger partial charge in [0.25, 0.3) is 11.8 Å². The first kappa shape index (κ1) is 29.0. The zero-order valence-electron chi connectivity index (χ0n) is 21.7. The van der Waals surface area contributed by atoms with E-state index in [0.717, 1.165) is 23.1 Å². The lowest BCUT2D eigenvalue weighted by molar-refractivity contribution is -0.179. The summed E-state index contributed by atoms with van der Waals surface area (Å²) in [4.78, 5) is 42.8. The Balaban J connectivity index is 1.49. The van der Waals surface area contributed by atoms with E-state index in [1.165, 1.54) is 0 Å². The van der Waals surface area contributed by atoms with Gasteiger partial charge in [0, 0.05) is 36.6 Å². The number of hydrogen-bond acceptors (Lipinski definition) is 5. The molecule has 3 amide bonds. The van der Waals surface area contributed by atoms with Crippen LogP contribution in [0.3, 0.4) is 0 Å². The van der Waals surface area contributed by atoms with Crippen molar-refractivity contribution in [3.05, 3.63) is 46.8 Å². The number of aromatic nitrogens is 1. The van der Waals surface area contributed by atoms with Crippen LogP contribution in [0.4, 0.5) is 22.0 Å². The van der Waals surface area contributed by atoms with Gasteiger partial charge in [0.05, 0.1) is 17.5 Å². The fourth-order valence-corrected chi connectivity index (χ4v) is 6.51. The molecule has 1 aromatic heterocycles. The predicted molar refractivity (Wildman–Crippen MR) is 136 cm³/mol. The lowest BCUT2D eigenvalue weighted by Crippen LogP contribution is -2.68. The van der Waals surface area contributed by atoms with Crippen LogP contribution in [0.25, 0.3) is 10.9 Å². The highest BCUT2D eigenvalue weighted by atomic mass is 32.2. The first-order chi connectivity index (χ1) is 19.2. The normalized spacial score (nSPS) is 26.7. The zero-order chi connectivity index (χ0) is 29.9. The molecule has 4 heterocycles. The molecule has 3 saturated heterocycles. The van der Waals surface area contributed by atoms with Crippen LogP contribution >= 0.6 is 0 Å². The van der Waals surface area contributed by atoms with Crippen LogP contribution in [0.1, 0.15) is 42.6 Å². The van der Waals surface area contributed by atoms with E-state index in [0.29, 0.717) is 25.3 Å². The maximum absolute atomic E-state index is 15.1. The van der Waals surface area contributed by atoms with Crippen LogP contribution in [0, 0.1) is 23.5 Å². The Morgan fingerprint density at radius 3 is 2.51 bits per heavy atom. The first-order valence-electron chi connectivity index (χ1n) is 13.0. The highest BCUT2D eigenvalue weighted by Gasteiger charge is 2.60. The quantitative estimate of drug-likeness (QED) is 0.420. The van der Waals surface area contributed by atoms with E-state index >= 15 is 8.78 Å². The van der Waals surface area contributed by atoms with Gasteiger partial charge in [-0.05, 0) is 50.0 Å². The molecule has 6 rings (SSSR count). The molecular weight excluding hydrogens is 575 g/mol. The van der Waals surface area contributed by atoms with Gasteiger partial charge in [-0.25, -0.2) is 26.0 Å². The van der Waals surface area contributed by atoms with E-state index in [1.54, 1.807) is 0 Å². The molecule has 2 aromatic rings. The number of fused-ring (bicyclic) bond motifs is 4. The number of nitrogens with one attached hydrogen (secondary N) is 3. The van der Waals surface area contributed by atoms with Crippen molar-refractivity contribution in [3.63, 3.8) is 0 Å². The number of hydrogen-bond donors (Lipinski definition) is 3. The molecule has 9 nitrogen and oxygen atoms in total. The number of carbonyl (C=O) groups excluding carboxylic acids is 3. The van der Waals surface area contributed by atoms with Crippen LogP contribution in [0.5, 0.6) is 0 Å². The van der Waals surface area contributed by atoms with Gasteiger partial charge in [-0.1, -0.05) is 0 Å². The monoisotopic (exact) mass is 602 g/mol. The molecule has 0 unspecified atom stereocenters. The number of rotatable bonds is 7. The molecule has 41 heavy (non-hydrogen) atoms. The Bertz CT molecular complexity index is 1520. The van der Waals surface area contributed by atoms with Crippen molar-refractivity contribution >= 4 is 38.5 Å². The minimum absolute atomic E-state index is 0.112. The number of benzene rings is 1. The van der Waals surface area contributed by atoms with Gasteiger partial charge in [0.1, 0.15) is 23.4 Å². The topological polar surface area (TPSA) is 128 Å². The largest absolute Gasteiger partial charge is 0.356 e. The van der Waals surface area contributed by atoms with Crippen molar-refractivity contribution in [3.8, 4) is 0 Å². The standard InChI is InChI=1S/C26H27F5N4O5S/c1-41(39,40)20(29)9-13(8-12-6-7-32-23(12)36)33-24(37)22-16-3-2-14(11-26(16,30)31)35(22)25(38)19-10-15-17(27)4-5-18(28)21(15)34-19/h4-5,9-10,12-14,16,22,34H,2-3,6-8,11H2,1H3,(H,32,36)(H,33,37)/b20-9-/t12-,13+,14-,16-,22-/m1/s1. The second-order valence-corrected chi connectivity index (χ2v) is 12.8. The van der Waals surface area contributed by atoms with Crippen molar-refractivity contribution in [2.24, 2.45) is 11.8 Å². The summed E-state index contributed by atoms with van der Waals surface area (Å²) in [6.07, 6.45) is 0.618. The van der Waals surface area contributed by atoms with E-state index in [2.05, 4.69) is 15.6 Å². The summed E-state index contributed by atoms with van der Waals surface area (Å²) in [6, 6.07) is -1.48. The van der Waals surface area contributed by atoms with Gasteiger partial charge in [-0.3, -0.25) is 14.4 Å². The van der Waals surface area contributed by atoms with Crippen LogP contribution in [-0.2, 0) is 19.4 Å². The third-order valence-electron chi connectivity index (χ3n) is 8.07. The Morgan fingerprint density at radius 2 is 1.90 bits per heavy atom. The number of alkyl halides is 2. The van der Waals surface area contributed by atoms with Crippen molar-refractivity contribution in [2.75, 3.05) is 12.8 Å². The third-order valence-corrected chi connectivity index (χ3v) is 8.92.